The van der Waals surface area contributed by atoms with Gasteiger partial charge in [0.1, 0.15) is 24.1 Å². The van der Waals surface area contributed by atoms with Gasteiger partial charge in [0.15, 0.2) is 0 Å². The maximum absolute atomic E-state index is 11.7. The summed E-state index contributed by atoms with van der Waals surface area (Å²) in [5.74, 6) is 1.78. The molecule has 2 aliphatic heterocycles. The predicted molar refractivity (Wildman–Crippen MR) is 127 cm³/mol. The van der Waals surface area contributed by atoms with E-state index < -0.39 is 6.09 Å². The molecule has 8 nitrogen and oxygen atoms in total. The number of carbonyl (C=O) groups excluding carboxylic acids is 1. The Hall–Kier alpha value is -2.42. The molecular formula is C23H31ClN6O2. The number of benzene rings is 1. The summed E-state index contributed by atoms with van der Waals surface area (Å²) in [6, 6.07) is 8.65. The molecule has 32 heavy (non-hydrogen) atoms. The van der Waals surface area contributed by atoms with Crippen LogP contribution in [0, 0.1) is 0 Å². The van der Waals surface area contributed by atoms with E-state index in [9.17, 15) is 4.79 Å². The van der Waals surface area contributed by atoms with Crippen molar-refractivity contribution in [1.29, 1.82) is 0 Å². The van der Waals surface area contributed by atoms with Crippen molar-refractivity contribution in [3.63, 3.8) is 0 Å². The fraction of sp³-hybridized carbons (Fsp3) is 0.522. The molecule has 1 saturated heterocycles. The van der Waals surface area contributed by atoms with Crippen molar-refractivity contribution in [3.05, 3.63) is 46.7 Å². The van der Waals surface area contributed by atoms with Gasteiger partial charge in [-0.1, -0.05) is 37.6 Å². The van der Waals surface area contributed by atoms with Crippen LogP contribution in [0.1, 0.15) is 43.9 Å². The Morgan fingerprint density at radius 1 is 1.19 bits per heavy atom. The summed E-state index contributed by atoms with van der Waals surface area (Å²) in [6.07, 6.45) is 0.666. The lowest BCUT2D eigenvalue weighted by molar-refractivity contribution is 0.116. The van der Waals surface area contributed by atoms with Gasteiger partial charge < -0.3 is 15.0 Å². The summed E-state index contributed by atoms with van der Waals surface area (Å²) in [5, 5.41) is 7.04. The van der Waals surface area contributed by atoms with E-state index in [0.717, 1.165) is 55.7 Å². The summed E-state index contributed by atoms with van der Waals surface area (Å²) < 4.78 is 5.34. The molecule has 0 saturated carbocycles. The molecule has 2 atom stereocenters. The lowest BCUT2D eigenvalue weighted by Crippen LogP contribution is -2.49. The van der Waals surface area contributed by atoms with Gasteiger partial charge in [0.05, 0.1) is 5.56 Å². The average Bonchev–Trinajstić information content (AvgIpc) is 2.77. The Labute approximate surface area is 194 Å². The van der Waals surface area contributed by atoms with Gasteiger partial charge in [-0.15, -0.1) is 0 Å². The molecule has 1 aromatic carbocycles. The standard InChI is InChI=1S/C23H31ClN6O2/c1-15(2)25-12-18(17-4-6-19(24)7-5-17)13-29-8-10-30(11-9-29)22-20-16(3)32-23(31)28-21(20)26-14-27-22/h4-7,14-16,18,25H,8-13H2,1-3H3,(H,26,27,28,31)/t16?,18-/m0/s1. The van der Waals surface area contributed by atoms with E-state index in [1.165, 1.54) is 11.9 Å². The Bertz CT molecular complexity index is 931. The van der Waals surface area contributed by atoms with Crippen LogP contribution in [0.3, 0.4) is 0 Å². The number of aromatic nitrogens is 2. The molecule has 1 aromatic heterocycles. The molecule has 2 aliphatic rings. The number of rotatable bonds is 7. The zero-order valence-corrected chi connectivity index (χ0v) is 19.6. The highest BCUT2D eigenvalue weighted by atomic mass is 35.5. The van der Waals surface area contributed by atoms with E-state index in [-0.39, 0.29) is 6.10 Å². The van der Waals surface area contributed by atoms with Crippen molar-refractivity contribution >= 4 is 29.3 Å². The minimum Gasteiger partial charge on any atom is -0.441 e. The number of cyclic esters (lactones) is 1. The van der Waals surface area contributed by atoms with Gasteiger partial charge in [0.2, 0.25) is 0 Å². The van der Waals surface area contributed by atoms with Gasteiger partial charge in [0, 0.05) is 56.3 Å². The molecule has 1 fully saturated rings. The van der Waals surface area contributed by atoms with Crippen LogP contribution < -0.4 is 15.5 Å². The zero-order chi connectivity index (χ0) is 22.7. The lowest BCUT2D eigenvalue weighted by Gasteiger charge is -2.38. The van der Waals surface area contributed by atoms with Crippen LogP contribution in [0.4, 0.5) is 16.4 Å². The summed E-state index contributed by atoms with van der Waals surface area (Å²) in [6.45, 7) is 11.7. The molecule has 0 bridgehead atoms. The smallest absolute Gasteiger partial charge is 0.413 e. The monoisotopic (exact) mass is 458 g/mol. The van der Waals surface area contributed by atoms with Crippen molar-refractivity contribution in [1.82, 2.24) is 20.2 Å². The van der Waals surface area contributed by atoms with Gasteiger partial charge in [-0.25, -0.2) is 14.8 Å². The first-order chi connectivity index (χ1) is 15.4. The molecule has 4 rings (SSSR count). The maximum Gasteiger partial charge on any atom is 0.413 e. The summed E-state index contributed by atoms with van der Waals surface area (Å²) in [5.41, 5.74) is 2.15. The molecule has 1 unspecified atom stereocenters. The first-order valence-electron chi connectivity index (χ1n) is 11.2. The van der Waals surface area contributed by atoms with Crippen LogP contribution in [-0.4, -0.2) is 66.3 Å². The first-order valence-corrected chi connectivity index (χ1v) is 11.6. The van der Waals surface area contributed by atoms with Crippen LogP contribution in [0.5, 0.6) is 0 Å². The second-order valence-electron chi connectivity index (χ2n) is 8.73. The van der Waals surface area contributed by atoms with Gasteiger partial charge in [0.25, 0.3) is 0 Å². The quantitative estimate of drug-likeness (QED) is 0.655. The number of fused-ring (bicyclic) bond motifs is 1. The van der Waals surface area contributed by atoms with Gasteiger partial charge in [-0.05, 0) is 24.6 Å². The van der Waals surface area contributed by atoms with Gasteiger partial charge in [-0.3, -0.25) is 10.2 Å². The second-order valence-corrected chi connectivity index (χ2v) is 9.17. The van der Waals surface area contributed by atoms with Crippen LogP contribution in [0.2, 0.25) is 5.02 Å². The highest BCUT2D eigenvalue weighted by Gasteiger charge is 2.31. The van der Waals surface area contributed by atoms with Crippen LogP contribution in [0.15, 0.2) is 30.6 Å². The molecule has 2 N–H and O–H groups in total. The third kappa shape index (κ3) is 5.31. The zero-order valence-electron chi connectivity index (χ0n) is 18.8. The summed E-state index contributed by atoms with van der Waals surface area (Å²) in [7, 11) is 0. The van der Waals surface area contributed by atoms with E-state index >= 15 is 0 Å². The number of anilines is 2. The average molecular weight is 459 g/mol. The minimum atomic E-state index is -0.470. The Balaban J connectivity index is 1.42. The van der Waals surface area contributed by atoms with Gasteiger partial charge in [-0.2, -0.15) is 0 Å². The number of piperazine rings is 1. The first kappa shape index (κ1) is 22.8. The van der Waals surface area contributed by atoms with Crippen LogP contribution >= 0.6 is 11.6 Å². The highest BCUT2D eigenvalue weighted by molar-refractivity contribution is 6.30. The molecule has 9 heteroatoms. The third-order valence-electron chi connectivity index (χ3n) is 6.04. The minimum absolute atomic E-state index is 0.371. The Morgan fingerprint density at radius 2 is 1.91 bits per heavy atom. The van der Waals surface area contributed by atoms with Gasteiger partial charge >= 0.3 is 6.09 Å². The van der Waals surface area contributed by atoms with E-state index in [0.29, 0.717) is 17.8 Å². The van der Waals surface area contributed by atoms with E-state index in [1.54, 1.807) is 0 Å². The Morgan fingerprint density at radius 3 is 2.59 bits per heavy atom. The summed E-state index contributed by atoms with van der Waals surface area (Å²) in [4.78, 5) is 25.2. The highest BCUT2D eigenvalue weighted by Crippen LogP contribution is 2.35. The van der Waals surface area contributed by atoms with Crippen molar-refractivity contribution in [2.45, 2.75) is 38.8 Å². The second kappa shape index (κ2) is 10.0. The third-order valence-corrected chi connectivity index (χ3v) is 6.29. The molecule has 0 aliphatic carbocycles. The van der Waals surface area contributed by atoms with E-state index in [2.05, 4.69) is 56.4 Å². The van der Waals surface area contributed by atoms with E-state index in [4.69, 9.17) is 16.3 Å². The number of amides is 1. The predicted octanol–water partition coefficient (Wildman–Crippen LogP) is 3.66. The van der Waals surface area contributed by atoms with Crippen molar-refractivity contribution in [2.75, 3.05) is 49.5 Å². The normalized spacial score (nSPS) is 20.0. The number of carbonyl (C=O) groups is 1. The number of hydrogen-bond donors (Lipinski definition) is 2. The van der Waals surface area contributed by atoms with Crippen LogP contribution in [-0.2, 0) is 4.74 Å². The number of nitrogens with one attached hydrogen (secondary N) is 2. The largest absolute Gasteiger partial charge is 0.441 e. The number of ether oxygens (including phenoxy) is 1. The number of nitrogens with zero attached hydrogens (tertiary/aromatic N) is 4. The van der Waals surface area contributed by atoms with Crippen molar-refractivity contribution in [2.24, 2.45) is 0 Å². The SMILES string of the molecule is CC(C)NC[C@@H](CN1CCN(c2ncnc3c2C(C)OC(=O)N3)CC1)c1ccc(Cl)cc1. The fourth-order valence-corrected chi connectivity index (χ4v) is 4.44. The molecular weight excluding hydrogens is 428 g/mol. The molecule has 2 aromatic rings. The molecule has 172 valence electrons. The Kier molecular flexibility index (Phi) is 7.13. The molecule has 3 heterocycles. The lowest BCUT2D eigenvalue weighted by atomic mass is 9.97. The number of hydrogen-bond acceptors (Lipinski definition) is 7. The van der Waals surface area contributed by atoms with E-state index in [1.807, 2.05) is 19.1 Å². The van der Waals surface area contributed by atoms with Crippen molar-refractivity contribution < 1.29 is 9.53 Å². The number of halogens is 1. The maximum atomic E-state index is 11.7. The summed E-state index contributed by atoms with van der Waals surface area (Å²) >= 11 is 6.10. The molecule has 1 amide bonds. The molecule has 0 radical (unpaired) electrons. The molecule has 0 spiro atoms. The topological polar surface area (TPSA) is 82.6 Å². The fourth-order valence-electron chi connectivity index (χ4n) is 4.31. The van der Waals surface area contributed by atoms with Crippen LogP contribution in [0.25, 0.3) is 0 Å². The van der Waals surface area contributed by atoms with Crippen molar-refractivity contribution in [3.8, 4) is 0 Å².